The number of ketones is 1. The Morgan fingerprint density at radius 3 is 1.89 bits per heavy atom. The number of aryl methyl sites for hydroxylation is 1. The van der Waals surface area contributed by atoms with Crippen LogP contribution >= 0.6 is 0 Å². The second-order valence-corrected chi connectivity index (χ2v) is 9.44. The number of benzene rings is 2. The van der Waals surface area contributed by atoms with Crippen LogP contribution in [0.25, 0.3) is 0 Å². The van der Waals surface area contributed by atoms with Gasteiger partial charge in [-0.15, -0.1) is 0 Å². The molecular weight excluding hydrogens is 452 g/mol. The third-order valence-electron chi connectivity index (χ3n) is 6.27. The molecule has 2 rings (SSSR count). The largest absolute Gasteiger partial charge is 0.454 e. The quantitative estimate of drug-likeness (QED) is 0.0967. The van der Waals surface area contributed by atoms with E-state index in [4.69, 9.17) is 9.47 Å². The third-order valence-corrected chi connectivity index (χ3v) is 6.27. The molecule has 1 unspecified atom stereocenters. The summed E-state index contributed by atoms with van der Waals surface area (Å²) in [6, 6.07) is 13.9. The lowest BCUT2D eigenvalue weighted by Gasteiger charge is -2.13. The molecule has 0 saturated carbocycles. The van der Waals surface area contributed by atoms with Crippen molar-refractivity contribution in [1.82, 2.24) is 0 Å². The van der Waals surface area contributed by atoms with Gasteiger partial charge in [0.2, 0.25) is 5.78 Å². The van der Waals surface area contributed by atoms with Crippen LogP contribution in [0, 0.1) is 0 Å². The highest BCUT2D eigenvalue weighted by Crippen LogP contribution is 2.18. The van der Waals surface area contributed by atoms with E-state index in [0.717, 1.165) is 38.5 Å². The molecule has 0 aliphatic rings. The lowest BCUT2D eigenvalue weighted by atomic mass is 10.0. The fraction of sp³-hybridized carbons (Fsp3) is 0.516. The highest BCUT2D eigenvalue weighted by atomic mass is 16.5. The molecule has 196 valence electrons. The minimum Gasteiger partial charge on any atom is -0.454 e. The van der Waals surface area contributed by atoms with Crippen LogP contribution in [-0.4, -0.2) is 23.8 Å². The van der Waals surface area contributed by atoms with Crippen LogP contribution in [0.15, 0.2) is 48.5 Å². The summed E-state index contributed by atoms with van der Waals surface area (Å²) in [6.45, 7) is 5.91. The predicted molar refractivity (Wildman–Crippen MR) is 144 cm³/mol. The summed E-state index contributed by atoms with van der Waals surface area (Å²) >= 11 is 0. The van der Waals surface area contributed by atoms with Crippen LogP contribution in [0.5, 0.6) is 5.75 Å². The zero-order valence-corrected chi connectivity index (χ0v) is 22.2. The summed E-state index contributed by atoms with van der Waals surface area (Å²) in [6.07, 6.45) is 12.0. The van der Waals surface area contributed by atoms with Crippen molar-refractivity contribution in [1.29, 1.82) is 0 Å². The lowest BCUT2D eigenvalue weighted by Crippen LogP contribution is -2.24. The monoisotopic (exact) mass is 494 g/mol. The molecule has 0 radical (unpaired) electrons. The second kappa shape index (κ2) is 16.7. The van der Waals surface area contributed by atoms with Crippen molar-refractivity contribution in [2.24, 2.45) is 0 Å². The Morgan fingerprint density at radius 2 is 1.25 bits per heavy atom. The van der Waals surface area contributed by atoms with Crippen LogP contribution < -0.4 is 4.74 Å². The van der Waals surface area contributed by atoms with Crippen molar-refractivity contribution in [2.75, 3.05) is 0 Å². The summed E-state index contributed by atoms with van der Waals surface area (Å²) in [5.74, 6) is -0.718. The minimum atomic E-state index is -0.855. The van der Waals surface area contributed by atoms with Crippen molar-refractivity contribution >= 4 is 17.7 Å². The third kappa shape index (κ3) is 10.8. The molecule has 5 heteroatoms. The van der Waals surface area contributed by atoms with Gasteiger partial charge in [0.25, 0.3) is 0 Å². The first-order valence-corrected chi connectivity index (χ1v) is 13.6. The highest BCUT2D eigenvalue weighted by Gasteiger charge is 2.19. The molecule has 2 aromatic rings. The van der Waals surface area contributed by atoms with Crippen LogP contribution in [0.2, 0.25) is 0 Å². The van der Waals surface area contributed by atoms with Gasteiger partial charge in [0.15, 0.2) is 6.10 Å². The molecule has 0 heterocycles. The van der Waals surface area contributed by atoms with Crippen LogP contribution in [0.3, 0.4) is 0 Å². The molecule has 0 aliphatic carbocycles. The molecule has 0 aliphatic heterocycles. The Morgan fingerprint density at radius 1 is 0.694 bits per heavy atom. The fourth-order valence-electron chi connectivity index (χ4n) is 4.01. The highest BCUT2D eigenvalue weighted by molar-refractivity contribution is 6.00. The van der Waals surface area contributed by atoms with Gasteiger partial charge in [-0.25, -0.2) is 4.79 Å². The Labute approximate surface area is 216 Å². The molecule has 0 amide bonds. The van der Waals surface area contributed by atoms with E-state index < -0.39 is 12.1 Å². The molecule has 1 atom stereocenters. The molecule has 0 bridgehead atoms. The first-order chi connectivity index (χ1) is 17.4. The van der Waals surface area contributed by atoms with E-state index in [2.05, 4.69) is 13.8 Å². The predicted octanol–water partition coefficient (Wildman–Crippen LogP) is 7.89. The van der Waals surface area contributed by atoms with E-state index in [-0.39, 0.29) is 11.8 Å². The number of hydrogen-bond donors (Lipinski definition) is 0. The fourth-order valence-corrected chi connectivity index (χ4v) is 4.01. The maximum absolute atomic E-state index is 12.6. The number of rotatable bonds is 17. The number of carbonyl (C=O) groups is 3. The van der Waals surface area contributed by atoms with Gasteiger partial charge in [0.05, 0.1) is 5.56 Å². The molecule has 0 fully saturated rings. The van der Waals surface area contributed by atoms with Crippen LogP contribution in [-0.2, 0) is 16.0 Å². The van der Waals surface area contributed by atoms with Gasteiger partial charge in [0.1, 0.15) is 5.75 Å². The Balaban J connectivity index is 1.79. The maximum Gasteiger partial charge on any atom is 0.343 e. The SMILES string of the molecule is CCCCCCCCc1ccc(C(=O)Oc2ccc(C(=O)C(C)OC(=O)CCCCCC)cc2)cc1. The van der Waals surface area contributed by atoms with Crippen molar-refractivity contribution in [2.45, 2.75) is 104 Å². The second-order valence-electron chi connectivity index (χ2n) is 9.44. The molecule has 0 saturated heterocycles. The molecule has 0 spiro atoms. The van der Waals surface area contributed by atoms with Gasteiger partial charge in [-0.2, -0.15) is 0 Å². The standard InChI is InChI=1S/C31H42O5/c1-4-6-8-10-11-12-14-25-16-18-27(19-17-25)31(34)36-28-22-20-26(21-23-28)30(33)24(3)35-29(32)15-13-9-7-5-2/h16-24H,4-15H2,1-3H3. The summed E-state index contributed by atoms with van der Waals surface area (Å²) < 4.78 is 10.7. The number of esters is 2. The lowest BCUT2D eigenvalue weighted by molar-refractivity contribution is -0.146. The Hall–Kier alpha value is -2.95. The topological polar surface area (TPSA) is 69.7 Å². The molecule has 2 aromatic carbocycles. The van der Waals surface area contributed by atoms with Crippen LogP contribution in [0.4, 0.5) is 0 Å². The number of carbonyl (C=O) groups excluding carboxylic acids is 3. The van der Waals surface area contributed by atoms with Crippen molar-refractivity contribution in [3.63, 3.8) is 0 Å². The molecule has 0 N–H and O–H groups in total. The number of Topliss-reactive ketones (excluding diaryl/α,β-unsaturated/α-hetero) is 1. The van der Waals surface area contributed by atoms with E-state index in [1.807, 2.05) is 12.1 Å². The zero-order chi connectivity index (χ0) is 26.2. The summed E-state index contributed by atoms with van der Waals surface area (Å²) in [5, 5.41) is 0. The average Bonchev–Trinajstić information content (AvgIpc) is 2.89. The molecule has 5 nitrogen and oxygen atoms in total. The number of unbranched alkanes of at least 4 members (excludes halogenated alkanes) is 8. The van der Waals surface area contributed by atoms with Gasteiger partial charge < -0.3 is 9.47 Å². The summed E-state index contributed by atoms with van der Waals surface area (Å²) in [5.41, 5.74) is 2.11. The normalized spacial score (nSPS) is 11.6. The van der Waals surface area contributed by atoms with Gasteiger partial charge in [-0.05, 0) is 68.1 Å². The van der Waals surface area contributed by atoms with Gasteiger partial charge in [0, 0.05) is 12.0 Å². The summed E-state index contributed by atoms with van der Waals surface area (Å²) in [4.78, 5) is 37.1. The molecule has 0 aromatic heterocycles. The smallest absolute Gasteiger partial charge is 0.343 e. The Kier molecular flexibility index (Phi) is 13.6. The molecule has 36 heavy (non-hydrogen) atoms. The zero-order valence-electron chi connectivity index (χ0n) is 22.2. The van der Waals surface area contributed by atoms with Crippen LogP contribution in [0.1, 0.15) is 118 Å². The van der Waals surface area contributed by atoms with E-state index in [1.54, 1.807) is 43.3 Å². The van der Waals surface area contributed by atoms with E-state index in [0.29, 0.717) is 23.3 Å². The van der Waals surface area contributed by atoms with Gasteiger partial charge in [-0.1, -0.05) is 77.3 Å². The number of ether oxygens (including phenoxy) is 2. The maximum atomic E-state index is 12.6. The first-order valence-electron chi connectivity index (χ1n) is 13.6. The summed E-state index contributed by atoms with van der Waals surface area (Å²) in [7, 11) is 0. The Bertz CT molecular complexity index is 930. The first kappa shape index (κ1) is 29.3. The average molecular weight is 495 g/mol. The van der Waals surface area contributed by atoms with Crippen molar-refractivity contribution in [3.05, 3.63) is 65.2 Å². The number of hydrogen-bond acceptors (Lipinski definition) is 5. The van der Waals surface area contributed by atoms with E-state index in [1.165, 1.54) is 37.7 Å². The van der Waals surface area contributed by atoms with Gasteiger partial charge in [-0.3, -0.25) is 9.59 Å². The minimum absolute atomic E-state index is 0.282. The van der Waals surface area contributed by atoms with Crippen molar-refractivity contribution in [3.8, 4) is 5.75 Å². The van der Waals surface area contributed by atoms with E-state index >= 15 is 0 Å². The molecular formula is C31H42O5. The van der Waals surface area contributed by atoms with Crippen molar-refractivity contribution < 1.29 is 23.9 Å². The van der Waals surface area contributed by atoms with Gasteiger partial charge >= 0.3 is 11.9 Å². The van der Waals surface area contributed by atoms with E-state index in [9.17, 15) is 14.4 Å².